The molecule has 0 amide bonds. The van der Waals surface area contributed by atoms with Gasteiger partial charge in [0, 0.05) is 22.4 Å². The van der Waals surface area contributed by atoms with Crippen molar-refractivity contribution in [2.75, 3.05) is 4.90 Å². The number of para-hydroxylation sites is 3. The van der Waals surface area contributed by atoms with Gasteiger partial charge in [-0.15, -0.1) is 0 Å². The van der Waals surface area contributed by atoms with Gasteiger partial charge in [-0.3, -0.25) is 0 Å². The maximum Gasteiger partial charge on any atom is 0.160 e. The average molecular weight is 866 g/mol. The van der Waals surface area contributed by atoms with Crippen LogP contribution in [0.25, 0.3) is 78.4 Å². The van der Waals surface area contributed by atoms with Crippen LogP contribution in [0.3, 0.4) is 0 Å². The summed E-state index contributed by atoms with van der Waals surface area (Å²) in [6.45, 7) is 0. The molecule has 1 aliphatic heterocycles. The van der Waals surface area contributed by atoms with Crippen molar-refractivity contribution in [2.45, 2.75) is 5.41 Å². The summed E-state index contributed by atoms with van der Waals surface area (Å²) < 4.78 is 0. The Hall–Kier alpha value is -8.92. The quantitative estimate of drug-likeness (QED) is 0.160. The molecule has 1 aromatic heterocycles. The van der Waals surface area contributed by atoms with Crippen LogP contribution in [0.5, 0.6) is 0 Å². The number of aromatic nitrogens is 2. The van der Waals surface area contributed by atoms with Crippen LogP contribution in [-0.4, -0.2) is 9.97 Å². The minimum atomic E-state index is -0.515. The molecule has 2 aliphatic rings. The van der Waals surface area contributed by atoms with Gasteiger partial charge >= 0.3 is 0 Å². The number of rotatable bonds is 7. The fraction of sp³-hybridized carbons (Fsp3) is 0.0154. The zero-order valence-corrected chi connectivity index (χ0v) is 37.2. The standard InChI is InChI=1S/C65H43N3/c1-4-17-44(18-5-1)45-31-35-48(36-32-45)61-43-60(47-19-6-2-7-20-47)66-64(67-61)49-37-33-46(34-38-49)50-21-16-22-51(41-50)52-39-40-55-54-25-10-11-26-56(54)65(59(55)42-52)57-27-12-14-29-62(57)68(53-23-8-3-9-24-53)63-30-15-13-28-58(63)65/h1-43H. The third-order valence-electron chi connectivity index (χ3n) is 13.9. The molecule has 0 saturated carbocycles. The van der Waals surface area contributed by atoms with E-state index in [1.165, 1.54) is 67.0 Å². The van der Waals surface area contributed by atoms with Crippen LogP contribution in [-0.2, 0) is 5.41 Å². The number of anilines is 3. The predicted molar refractivity (Wildman–Crippen MR) is 280 cm³/mol. The Labute approximate surface area is 397 Å². The molecular weight excluding hydrogens is 823 g/mol. The second-order valence-electron chi connectivity index (χ2n) is 17.7. The summed E-state index contributed by atoms with van der Waals surface area (Å²) in [6, 6.07) is 94.2. The molecule has 0 bridgehead atoms. The molecule has 0 N–H and O–H groups in total. The lowest BCUT2D eigenvalue weighted by Crippen LogP contribution is -2.36. The number of hydrogen-bond donors (Lipinski definition) is 0. The maximum absolute atomic E-state index is 5.17. The van der Waals surface area contributed by atoms with E-state index in [1.54, 1.807) is 0 Å². The van der Waals surface area contributed by atoms with Crippen LogP contribution in [0.1, 0.15) is 22.3 Å². The van der Waals surface area contributed by atoms with Gasteiger partial charge in [0.15, 0.2) is 5.82 Å². The average Bonchev–Trinajstić information content (AvgIpc) is 3.71. The molecule has 0 radical (unpaired) electrons. The number of benzene rings is 10. The Bertz CT molecular complexity index is 3610. The highest BCUT2D eigenvalue weighted by atomic mass is 15.2. The first-order chi connectivity index (χ1) is 33.7. The Balaban J connectivity index is 0.880. The van der Waals surface area contributed by atoms with Gasteiger partial charge in [0.05, 0.1) is 28.2 Å². The van der Waals surface area contributed by atoms with E-state index in [4.69, 9.17) is 9.97 Å². The fourth-order valence-corrected chi connectivity index (χ4v) is 10.8. The molecule has 0 atom stereocenters. The van der Waals surface area contributed by atoms with Gasteiger partial charge in [0.1, 0.15) is 0 Å². The van der Waals surface area contributed by atoms with Gasteiger partial charge < -0.3 is 4.90 Å². The van der Waals surface area contributed by atoms with Crippen molar-refractivity contribution < 1.29 is 0 Å². The van der Waals surface area contributed by atoms with E-state index in [2.05, 4.69) is 254 Å². The first kappa shape index (κ1) is 39.4. The van der Waals surface area contributed by atoms with E-state index in [-0.39, 0.29) is 0 Å². The summed E-state index contributed by atoms with van der Waals surface area (Å²) >= 11 is 0. The Morgan fingerprint density at radius 3 is 1.32 bits per heavy atom. The van der Waals surface area contributed by atoms with Gasteiger partial charge in [-0.25, -0.2) is 9.97 Å². The maximum atomic E-state index is 5.17. The van der Waals surface area contributed by atoms with Crippen LogP contribution >= 0.6 is 0 Å². The van der Waals surface area contributed by atoms with Crippen molar-refractivity contribution in [3.8, 4) is 78.4 Å². The molecule has 318 valence electrons. The molecule has 0 unspecified atom stereocenters. The van der Waals surface area contributed by atoms with Crippen LogP contribution in [0.2, 0.25) is 0 Å². The topological polar surface area (TPSA) is 29.0 Å². The molecule has 3 heteroatoms. The summed E-state index contributed by atoms with van der Waals surface area (Å²) in [4.78, 5) is 12.7. The molecule has 13 rings (SSSR count). The summed E-state index contributed by atoms with van der Waals surface area (Å²) in [6.07, 6.45) is 0. The first-order valence-electron chi connectivity index (χ1n) is 23.3. The van der Waals surface area contributed by atoms with E-state index >= 15 is 0 Å². The molecule has 0 saturated heterocycles. The summed E-state index contributed by atoms with van der Waals surface area (Å²) in [7, 11) is 0. The van der Waals surface area contributed by atoms with Gasteiger partial charge in [0.25, 0.3) is 0 Å². The smallest absolute Gasteiger partial charge is 0.160 e. The van der Waals surface area contributed by atoms with Crippen LogP contribution in [0.4, 0.5) is 17.1 Å². The third kappa shape index (κ3) is 6.43. The Morgan fingerprint density at radius 1 is 0.265 bits per heavy atom. The summed E-state index contributed by atoms with van der Waals surface area (Å²) in [5, 5.41) is 0. The highest BCUT2D eigenvalue weighted by Gasteiger charge is 2.51. The second kappa shape index (κ2) is 16.2. The molecule has 2 heterocycles. The highest BCUT2D eigenvalue weighted by molar-refractivity contribution is 5.96. The number of fused-ring (bicyclic) bond motifs is 9. The molecular formula is C65H43N3. The zero-order valence-electron chi connectivity index (χ0n) is 37.2. The molecule has 1 aliphatic carbocycles. The SMILES string of the molecule is c1ccc(-c2ccc(-c3cc(-c4ccccc4)nc(-c4ccc(-c5cccc(-c6ccc7c(c6)C6(c8ccccc8-7)c7ccccc7N(c7ccccc7)c7ccccc76)c5)cc4)n3)cc2)cc1. The molecule has 1 spiro atoms. The second-order valence-corrected chi connectivity index (χ2v) is 17.7. The van der Waals surface area contributed by atoms with Gasteiger partial charge in [-0.2, -0.15) is 0 Å². The van der Waals surface area contributed by atoms with Crippen molar-refractivity contribution in [1.82, 2.24) is 9.97 Å². The third-order valence-corrected chi connectivity index (χ3v) is 13.9. The molecule has 68 heavy (non-hydrogen) atoms. The van der Waals surface area contributed by atoms with Crippen LogP contribution in [0.15, 0.2) is 261 Å². The minimum absolute atomic E-state index is 0.515. The van der Waals surface area contributed by atoms with Crippen molar-refractivity contribution in [3.63, 3.8) is 0 Å². The van der Waals surface area contributed by atoms with Gasteiger partial charge in [0.2, 0.25) is 0 Å². The fourth-order valence-electron chi connectivity index (χ4n) is 10.8. The molecule has 11 aromatic rings. The number of nitrogens with zero attached hydrogens (tertiary/aromatic N) is 3. The molecule has 3 nitrogen and oxygen atoms in total. The van der Waals surface area contributed by atoms with Crippen molar-refractivity contribution in [2.24, 2.45) is 0 Å². The van der Waals surface area contributed by atoms with Gasteiger partial charge in [-0.1, -0.05) is 218 Å². The summed E-state index contributed by atoms with van der Waals surface area (Å²) in [5.74, 6) is 0.694. The zero-order chi connectivity index (χ0) is 45.0. The normalized spacial score (nSPS) is 12.8. The molecule has 0 fully saturated rings. The van der Waals surface area contributed by atoms with E-state index in [0.717, 1.165) is 44.9 Å². The minimum Gasteiger partial charge on any atom is -0.310 e. The van der Waals surface area contributed by atoms with E-state index in [9.17, 15) is 0 Å². The van der Waals surface area contributed by atoms with Crippen molar-refractivity contribution >= 4 is 17.1 Å². The number of hydrogen-bond acceptors (Lipinski definition) is 3. The largest absolute Gasteiger partial charge is 0.310 e. The lowest BCUT2D eigenvalue weighted by Gasteiger charge is -2.45. The monoisotopic (exact) mass is 865 g/mol. The van der Waals surface area contributed by atoms with Gasteiger partial charge in [-0.05, 0) is 109 Å². The van der Waals surface area contributed by atoms with E-state index in [1.807, 2.05) is 12.1 Å². The lowest BCUT2D eigenvalue weighted by molar-refractivity contribution is 0.753. The predicted octanol–water partition coefficient (Wildman–Crippen LogP) is 16.6. The molecule has 10 aromatic carbocycles. The Morgan fingerprint density at radius 2 is 0.676 bits per heavy atom. The first-order valence-corrected chi connectivity index (χ1v) is 23.3. The van der Waals surface area contributed by atoms with Crippen LogP contribution < -0.4 is 4.90 Å². The lowest BCUT2D eigenvalue weighted by atomic mass is 9.64. The van der Waals surface area contributed by atoms with Crippen LogP contribution in [0, 0.1) is 0 Å². The van der Waals surface area contributed by atoms with Crippen molar-refractivity contribution in [1.29, 1.82) is 0 Å². The van der Waals surface area contributed by atoms with E-state index < -0.39 is 5.41 Å². The summed E-state index contributed by atoms with van der Waals surface area (Å²) in [5.41, 5.74) is 22.6. The van der Waals surface area contributed by atoms with Crippen molar-refractivity contribution in [3.05, 3.63) is 283 Å². The Kier molecular flexibility index (Phi) is 9.40. The van der Waals surface area contributed by atoms with E-state index in [0.29, 0.717) is 5.82 Å². The highest BCUT2D eigenvalue weighted by Crippen LogP contribution is 2.63.